The Morgan fingerprint density at radius 3 is 2.71 bits per heavy atom. The number of ether oxygens (including phenoxy) is 1. The topological polar surface area (TPSA) is 61.9 Å². The number of aliphatic carboxylic acids is 1. The van der Waals surface area contributed by atoms with Crippen LogP contribution >= 0.6 is 0 Å². The van der Waals surface area contributed by atoms with Gasteiger partial charge in [-0.15, -0.1) is 0 Å². The van der Waals surface area contributed by atoms with Gasteiger partial charge in [0.05, 0.1) is 24.7 Å². The van der Waals surface area contributed by atoms with Gasteiger partial charge in [0.2, 0.25) is 0 Å². The van der Waals surface area contributed by atoms with Crippen LogP contribution in [-0.2, 0) is 22.4 Å². The first kappa shape index (κ1) is 18.8. The van der Waals surface area contributed by atoms with Crippen LogP contribution in [0.4, 0.5) is 4.39 Å². The number of benzene rings is 2. The van der Waals surface area contributed by atoms with Crippen LogP contribution in [0.15, 0.2) is 42.5 Å². The van der Waals surface area contributed by atoms with E-state index >= 15 is 0 Å². The number of halogens is 1. The summed E-state index contributed by atoms with van der Waals surface area (Å²) in [7, 11) is 0. The smallest absolute Gasteiger partial charge is 0.306 e. The molecule has 0 spiro atoms. The van der Waals surface area contributed by atoms with Crippen LogP contribution in [0.1, 0.15) is 40.3 Å². The van der Waals surface area contributed by atoms with Crippen molar-refractivity contribution in [3.05, 3.63) is 76.1 Å². The molecule has 2 aliphatic rings. The maximum absolute atomic E-state index is 13.0. The molecule has 0 amide bonds. The van der Waals surface area contributed by atoms with E-state index in [2.05, 4.69) is 36.5 Å². The Morgan fingerprint density at radius 2 is 1.96 bits per heavy atom. The first-order chi connectivity index (χ1) is 13.5. The second-order valence-electron chi connectivity index (χ2n) is 7.55. The first-order valence-corrected chi connectivity index (χ1v) is 9.67. The van der Waals surface area contributed by atoms with Crippen molar-refractivity contribution in [1.82, 2.24) is 5.32 Å². The normalized spacial score (nSPS) is 22.3. The quantitative estimate of drug-likeness (QED) is 0.683. The molecule has 1 saturated heterocycles. The summed E-state index contributed by atoms with van der Waals surface area (Å²) in [6.45, 7) is 2.89. The molecule has 0 saturated carbocycles. The van der Waals surface area contributed by atoms with Crippen LogP contribution in [0, 0.1) is 12.7 Å². The predicted molar refractivity (Wildman–Crippen MR) is 106 cm³/mol. The Bertz CT molecular complexity index is 907. The van der Waals surface area contributed by atoms with E-state index < -0.39 is 5.97 Å². The number of hydrogen-bond donors (Lipinski definition) is 2. The Hall–Kier alpha value is -2.50. The number of hydrogen-bond acceptors (Lipinski definition) is 3. The molecule has 2 aromatic carbocycles. The Morgan fingerprint density at radius 1 is 1.18 bits per heavy atom. The highest BCUT2D eigenvalue weighted by atomic mass is 19.1. The molecule has 0 bridgehead atoms. The molecular formula is C23H24FNO3. The highest BCUT2D eigenvalue weighted by molar-refractivity contribution is 5.68. The van der Waals surface area contributed by atoms with Gasteiger partial charge in [-0.25, -0.2) is 4.39 Å². The van der Waals surface area contributed by atoms with E-state index in [4.69, 9.17) is 9.84 Å². The van der Waals surface area contributed by atoms with Gasteiger partial charge in [-0.1, -0.05) is 36.4 Å². The van der Waals surface area contributed by atoms with Crippen molar-refractivity contribution >= 4 is 12.0 Å². The largest absolute Gasteiger partial charge is 0.481 e. The summed E-state index contributed by atoms with van der Waals surface area (Å²) in [6, 6.07) is 11.1. The fourth-order valence-corrected chi connectivity index (χ4v) is 3.94. The number of epoxide rings is 1. The molecule has 1 fully saturated rings. The number of carboxylic acid groups (broad SMARTS) is 1. The molecular weight excluding hydrogens is 357 g/mol. The average Bonchev–Trinajstić information content (AvgIpc) is 3.24. The van der Waals surface area contributed by atoms with Gasteiger partial charge in [0.25, 0.3) is 0 Å². The first-order valence-electron chi connectivity index (χ1n) is 9.67. The van der Waals surface area contributed by atoms with Crippen LogP contribution in [-0.4, -0.2) is 29.8 Å². The lowest BCUT2D eigenvalue weighted by Gasteiger charge is -2.16. The SMILES string of the molecule is Cc1ccc2c(c1CC1OC1CC(=O)O)C=CC2NCCc1ccc(F)cc1. The molecule has 28 heavy (non-hydrogen) atoms. The molecule has 1 aliphatic heterocycles. The van der Waals surface area contributed by atoms with E-state index in [1.807, 2.05) is 12.1 Å². The van der Waals surface area contributed by atoms with Crippen LogP contribution in [0.25, 0.3) is 6.08 Å². The summed E-state index contributed by atoms with van der Waals surface area (Å²) in [4.78, 5) is 10.8. The van der Waals surface area contributed by atoms with Gasteiger partial charge < -0.3 is 15.2 Å². The van der Waals surface area contributed by atoms with Crippen molar-refractivity contribution in [2.24, 2.45) is 0 Å². The zero-order valence-corrected chi connectivity index (χ0v) is 15.8. The van der Waals surface area contributed by atoms with Crippen LogP contribution in [0.2, 0.25) is 0 Å². The van der Waals surface area contributed by atoms with Gasteiger partial charge in [-0.3, -0.25) is 4.79 Å². The molecule has 4 nitrogen and oxygen atoms in total. The molecule has 5 heteroatoms. The van der Waals surface area contributed by atoms with Crippen molar-refractivity contribution in [3.63, 3.8) is 0 Å². The van der Waals surface area contributed by atoms with Crippen molar-refractivity contribution in [3.8, 4) is 0 Å². The Kier molecular flexibility index (Phi) is 5.29. The number of rotatable bonds is 8. The average molecular weight is 381 g/mol. The predicted octanol–water partition coefficient (Wildman–Crippen LogP) is 3.82. The van der Waals surface area contributed by atoms with Crippen molar-refractivity contribution in [2.75, 3.05) is 6.54 Å². The minimum Gasteiger partial charge on any atom is -0.481 e. The molecule has 2 aromatic rings. The van der Waals surface area contributed by atoms with Crippen LogP contribution in [0.5, 0.6) is 0 Å². The standard InChI is InChI=1S/C23H24FNO3/c1-14-2-7-18-17(19(14)12-21-22(28-21)13-23(26)27)8-9-20(18)25-11-10-15-3-5-16(24)6-4-15/h2-9,20-22,25H,10-13H2,1H3,(H,26,27). The van der Waals surface area contributed by atoms with Gasteiger partial charge in [0.15, 0.2) is 0 Å². The maximum atomic E-state index is 13.0. The van der Waals surface area contributed by atoms with Crippen LogP contribution < -0.4 is 5.32 Å². The second kappa shape index (κ2) is 7.86. The molecule has 0 radical (unpaired) electrons. The number of nitrogens with one attached hydrogen (secondary N) is 1. The van der Waals surface area contributed by atoms with Gasteiger partial charge in [-0.2, -0.15) is 0 Å². The molecule has 2 N–H and O–H groups in total. The highest BCUT2D eigenvalue weighted by Crippen LogP contribution is 2.36. The van der Waals surface area contributed by atoms with Crippen molar-refractivity contribution in [1.29, 1.82) is 0 Å². The molecule has 1 aliphatic carbocycles. The summed E-state index contributed by atoms with van der Waals surface area (Å²) >= 11 is 0. The van der Waals surface area contributed by atoms with E-state index in [1.54, 1.807) is 0 Å². The summed E-state index contributed by atoms with van der Waals surface area (Å²) < 4.78 is 18.6. The fraction of sp³-hybridized carbons (Fsp3) is 0.348. The molecule has 0 aromatic heterocycles. The molecule has 4 rings (SSSR count). The summed E-state index contributed by atoms with van der Waals surface area (Å²) in [5.41, 5.74) is 6.03. The monoisotopic (exact) mass is 381 g/mol. The van der Waals surface area contributed by atoms with E-state index in [0.717, 1.165) is 24.9 Å². The van der Waals surface area contributed by atoms with E-state index in [-0.39, 0.29) is 30.5 Å². The third-order valence-corrected chi connectivity index (χ3v) is 5.58. The fourth-order valence-electron chi connectivity index (χ4n) is 3.94. The zero-order valence-electron chi connectivity index (χ0n) is 15.8. The summed E-state index contributed by atoms with van der Waals surface area (Å²) in [6.07, 6.45) is 5.82. The van der Waals surface area contributed by atoms with E-state index in [0.29, 0.717) is 0 Å². The minimum absolute atomic E-state index is 0.000172. The van der Waals surface area contributed by atoms with Gasteiger partial charge in [-0.05, 0) is 53.3 Å². The molecule has 3 unspecified atom stereocenters. The Balaban J connectivity index is 1.39. The molecule has 3 atom stereocenters. The lowest BCUT2D eigenvalue weighted by atomic mass is 9.93. The third kappa shape index (κ3) is 4.16. The number of carbonyl (C=O) groups is 1. The zero-order chi connectivity index (χ0) is 19.7. The van der Waals surface area contributed by atoms with E-state index in [9.17, 15) is 9.18 Å². The van der Waals surface area contributed by atoms with Crippen molar-refractivity contribution in [2.45, 2.75) is 44.4 Å². The number of fused-ring (bicyclic) bond motifs is 1. The third-order valence-electron chi connectivity index (χ3n) is 5.58. The molecule has 1 heterocycles. The highest BCUT2D eigenvalue weighted by Gasteiger charge is 2.41. The minimum atomic E-state index is -0.812. The maximum Gasteiger partial charge on any atom is 0.306 e. The van der Waals surface area contributed by atoms with Crippen LogP contribution in [0.3, 0.4) is 0 Å². The Labute approximate surface area is 164 Å². The van der Waals surface area contributed by atoms with Gasteiger partial charge in [0, 0.05) is 13.0 Å². The number of carboxylic acids is 1. The number of aryl methyl sites for hydroxylation is 1. The molecule has 146 valence electrons. The summed E-state index contributed by atoms with van der Waals surface area (Å²) in [5, 5.41) is 12.5. The lowest BCUT2D eigenvalue weighted by molar-refractivity contribution is -0.137. The lowest BCUT2D eigenvalue weighted by Crippen LogP contribution is -2.21. The van der Waals surface area contributed by atoms with E-state index in [1.165, 1.54) is 34.4 Å². The summed E-state index contributed by atoms with van der Waals surface area (Å²) in [5.74, 6) is -1.02. The van der Waals surface area contributed by atoms with Gasteiger partial charge >= 0.3 is 5.97 Å². The van der Waals surface area contributed by atoms with Crippen molar-refractivity contribution < 1.29 is 19.0 Å². The van der Waals surface area contributed by atoms with Gasteiger partial charge in [0.1, 0.15) is 5.82 Å². The second-order valence-corrected chi connectivity index (χ2v) is 7.55.